The highest BCUT2D eigenvalue weighted by molar-refractivity contribution is 9.10. The number of benzene rings is 2. The van der Waals surface area contributed by atoms with Gasteiger partial charge < -0.3 is 10.2 Å². The molecule has 0 saturated carbocycles. The number of carbonyl (C=O) groups is 1. The summed E-state index contributed by atoms with van der Waals surface area (Å²) in [7, 11) is 0. The van der Waals surface area contributed by atoms with Crippen molar-refractivity contribution in [1.29, 1.82) is 0 Å². The number of phenolic OH excluding ortho intramolecular Hbond substituents is 2. The number of aromatic hydroxyl groups is 2. The van der Waals surface area contributed by atoms with Crippen molar-refractivity contribution in [2.75, 3.05) is 0 Å². The second kappa shape index (κ2) is 5.15. The van der Waals surface area contributed by atoms with Gasteiger partial charge in [0.15, 0.2) is 5.78 Å². The highest BCUT2D eigenvalue weighted by atomic mass is 79.9. The summed E-state index contributed by atoms with van der Waals surface area (Å²) in [6.45, 7) is 0. The van der Waals surface area contributed by atoms with Crippen molar-refractivity contribution in [2.45, 2.75) is 18.8 Å². The van der Waals surface area contributed by atoms with Gasteiger partial charge in [0.25, 0.3) is 0 Å². The lowest BCUT2D eigenvalue weighted by Gasteiger charge is -2.25. The van der Waals surface area contributed by atoms with E-state index in [0.717, 1.165) is 5.56 Å². The maximum absolute atomic E-state index is 13.3. The summed E-state index contributed by atoms with van der Waals surface area (Å²) in [5, 5.41) is 19.4. The van der Waals surface area contributed by atoms with Crippen molar-refractivity contribution >= 4 is 21.7 Å². The first-order chi connectivity index (χ1) is 9.95. The van der Waals surface area contributed by atoms with Crippen LogP contribution in [0.25, 0.3) is 0 Å². The van der Waals surface area contributed by atoms with E-state index in [9.17, 15) is 19.4 Å². The van der Waals surface area contributed by atoms with Gasteiger partial charge in [-0.05, 0) is 57.6 Å². The number of phenols is 2. The van der Waals surface area contributed by atoms with Crippen LogP contribution in [0.4, 0.5) is 4.39 Å². The fourth-order valence-electron chi connectivity index (χ4n) is 2.82. The molecule has 0 bridgehead atoms. The van der Waals surface area contributed by atoms with Crippen LogP contribution in [0.1, 0.15) is 33.8 Å². The smallest absolute Gasteiger partial charge is 0.167 e. The average Bonchev–Trinajstić information content (AvgIpc) is 2.40. The van der Waals surface area contributed by atoms with Crippen LogP contribution in [0.5, 0.6) is 11.5 Å². The Kier molecular flexibility index (Phi) is 3.45. The Morgan fingerprint density at radius 2 is 1.90 bits per heavy atom. The average molecular weight is 351 g/mol. The topological polar surface area (TPSA) is 57.5 Å². The van der Waals surface area contributed by atoms with Gasteiger partial charge in [-0.15, -0.1) is 0 Å². The number of ketones is 1. The van der Waals surface area contributed by atoms with Crippen LogP contribution in [-0.4, -0.2) is 16.0 Å². The molecule has 1 aliphatic rings. The van der Waals surface area contributed by atoms with E-state index >= 15 is 0 Å². The first-order valence-electron chi connectivity index (χ1n) is 6.48. The summed E-state index contributed by atoms with van der Waals surface area (Å²) in [6, 6.07) is 7.36. The standard InChI is InChI=1S/C16H12BrFO3/c17-12-5-8(1-2-13(12)18)9-3-10-4-11(19)7-15(21)16(10)14(20)6-9/h1-2,4-5,7,9,19,21H,3,6H2/t9-/m0/s1. The van der Waals surface area contributed by atoms with Gasteiger partial charge in [0.2, 0.25) is 0 Å². The summed E-state index contributed by atoms with van der Waals surface area (Å²) < 4.78 is 13.7. The van der Waals surface area contributed by atoms with Gasteiger partial charge in [0.1, 0.15) is 17.3 Å². The minimum absolute atomic E-state index is 0.0695. The van der Waals surface area contributed by atoms with Gasteiger partial charge in [-0.25, -0.2) is 4.39 Å². The molecule has 108 valence electrons. The zero-order valence-corrected chi connectivity index (χ0v) is 12.5. The Labute approximate surface area is 129 Å². The van der Waals surface area contributed by atoms with E-state index in [-0.39, 0.29) is 41.0 Å². The fraction of sp³-hybridized carbons (Fsp3) is 0.188. The van der Waals surface area contributed by atoms with Gasteiger partial charge in [-0.3, -0.25) is 4.79 Å². The molecule has 5 heteroatoms. The number of hydrogen-bond donors (Lipinski definition) is 2. The monoisotopic (exact) mass is 350 g/mol. The first kappa shape index (κ1) is 14.1. The molecule has 0 amide bonds. The maximum atomic E-state index is 13.3. The number of rotatable bonds is 1. The van der Waals surface area contributed by atoms with Crippen molar-refractivity contribution in [2.24, 2.45) is 0 Å². The van der Waals surface area contributed by atoms with E-state index in [1.165, 1.54) is 18.2 Å². The minimum atomic E-state index is -0.350. The van der Waals surface area contributed by atoms with Crippen LogP contribution >= 0.6 is 15.9 Å². The van der Waals surface area contributed by atoms with Crippen molar-refractivity contribution in [3.05, 3.63) is 57.3 Å². The molecule has 2 aromatic carbocycles. The second-order valence-corrected chi connectivity index (χ2v) is 6.06. The Hall–Kier alpha value is -1.88. The number of Topliss-reactive ketones (excluding diaryl/α,β-unsaturated/α-hetero) is 1. The lowest BCUT2D eigenvalue weighted by atomic mass is 9.79. The molecule has 1 atom stereocenters. The molecule has 3 nitrogen and oxygen atoms in total. The quantitative estimate of drug-likeness (QED) is 0.819. The summed E-state index contributed by atoms with van der Waals surface area (Å²) in [4.78, 5) is 12.2. The van der Waals surface area contributed by atoms with Gasteiger partial charge in [0, 0.05) is 12.5 Å². The number of fused-ring (bicyclic) bond motifs is 1. The molecular formula is C16H12BrFO3. The minimum Gasteiger partial charge on any atom is -0.508 e. The SMILES string of the molecule is O=C1C[C@@H](c2ccc(F)c(Br)c2)Cc2cc(O)cc(O)c21. The molecule has 0 radical (unpaired) electrons. The first-order valence-corrected chi connectivity index (χ1v) is 7.28. The molecule has 0 unspecified atom stereocenters. The molecule has 1 aliphatic carbocycles. The Morgan fingerprint density at radius 3 is 2.62 bits per heavy atom. The summed E-state index contributed by atoms with van der Waals surface area (Å²) in [5.74, 6) is -0.868. The van der Waals surface area contributed by atoms with Crippen LogP contribution < -0.4 is 0 Å². The van der Waals surface area contributed by atoms with E-state index in [1.807, 2.05) is 0 Å². The van der Waals surface area contributed by atoms with E-state index in [1.54, 1.807) is 12.1 Å². The zero-order chi connectivity index (χ0) is 15.1. The maximum Gasteiger partial charge on any atom is 0.167 e. The van der Waals surface area contributed by atoms with Crippen LogP contribution in [0, 0.1) is 5.82 Å². The third kappa shape index (κ3) is 2.53. The van der Waals surface area contributed by atoms with E-state index in [0.29, 0.717) is 16.5 Å². The fourth-order valence-corrected chi connectivity index (χ4v) is 3.21. The van der Waals surface area contributed by atoms with Crippen molar-refractivity contribution < 1.29 is 19.4 Å². The Morgan fingerprint density at radius 1 is 1.14 bits per heavy atom. The molecule has 0 aromatic heterocycles. The summed E-state index contributed by atoms with van der Waals surface area (Å²) >= 11 is 3.14. The lowest BCUT2D eigenvalue weighted by molar-refractivity contribution is 0.0961. The lowest BCUT2D eigenvalue weighted by Crippen LogP contribution is -2.19. The third-order valence-electron chi connectivity index (χ3n) is 3.78. The molecule has 0 heterocycles. The molecule has 0 aliphatic heterocycles. The normalized spacial score (nSPS) is 17.6. The predicted octanol–water partition coefficient (Wildman–Crippen LogP) is 3.91. The van der Waals surface area contributed by atoms with Crippen LogP contribution in [0.3, 0.4) is 0 Å². The van der Waals surface area contributed by atoms with Gasteiger partial charge in [-0.1, -0.05) is 6.07 Å². The van der Waals surface area contributed by atoms with E-state index < -0.39 is 0 Å². The molecule has 0 saturated heterocycles. The van der Waals surface area contributed by atoms with Gasteiger partial charge in [-0.2, -0.15) is 0 Å². The zero-order valence-electron chi connectivity index (χ0n) is 10.9. The van der Waals surface area contributed by atoms with E-state index in [4.69, 9.17) is 0 Å². The van der Waals surface area contributed by atoms with Crippen molar-refractivity contribution in [3.8, 4) is 11.5 Å². The largest absolute Gasteiger partial charge is 0.508 e. The van der Waals surface area contributed by atoms with Crippen LogP contribution in [0.15, 0.2) is 34.8 Å². The van der Waals surface area contributed by atoms with Crippen LogP contribution in [0.2, 0.25) is 0 Å². The van der Waals surface area contributed by atoms with Crippen LogP contribution in [-0.2, 0) is 6.42 Å². The number of carbonyl (C=O) groups excluding carboxylic acids is 1. The van der Waals surface area contributed by atoms with Crippen molar-refractivity contribution in [1.82, 2.24) is 0 Å². The van der Waals surface area contributed by atoms with Gasteiger partial charge >= 0.3 is 0 Å². The van der Waals surface area contributed by atoms with E-state index in [2.05, 4.69) is 15.9 Å². The third-order valence-corrected chi connectivity index (χ3v) is 4.38. The molecule has 2 aromatic rings. The Balaban J connectivity index is 2.01. The second-order valence-electron chi connectivity index (χ2n) is 5.20. The summed E-state index contributed by atoms with van der Waals surface area (Å²) in [5.41, 5.74) is 1.75. The molecule has 3 rings (SSSR count). The molecule has 2 N–H and O–H groups in total. The predicted molar refractivity (Wildman–Crippen MR) is 79.3 cm³/mol. The number of hydrogen-bond acceptors (Lipinski definition) is 3. The molecule has 0 fully saturated rings. The molecule has 21 heavy (non-hydrogen) atoms. The highest BCUT2D eigenvalue weighted by Gasteiger charge is 2.29. The highest BCUT2D eigenvalue weighted by Crippen LogP contribution is 2.39. The number of halogens is 2. The summed E-state index contributed by atoms with van der Waals surface area (Å²) in [6.07, 6.45) is 0.768. The van der Waals surface area contributed by atoms with Crippen molar-refractivity contribution in [3.63, 3.8) is 0 Å². The molecule has 0 spiro atoms. The Bertz CT molecular complexity index is 743. The van der Waals surface area contributed by atoms with Gasteiger partial charge in [0.05, 0.1) is 10.0 Å². The molecular weight excluding hydrogens is 339 g/mol.